The molecule has 1 aromatic carbocycles. The third-order valence-corrected chi connectivity index (χ3v) is 3.63. The number of carbonyl (C=O) groups is 1. The molecule has 0 heterocycles. The van der Waals surface area contributed by atoms with Gasteiger partial charge in [0.1, 0.15) is 0 Å². The van der Waals surface area contributed by atoms with Crippen molar-refractivity contribution in [1.82, 2.24) is 0 Å². The molecule has 0 saturated carbocycles. The summed E-state index contributed by atoms with van der Waals surface area (Å²) in [6.45, 7) is 1.90. The van der Waals surface area contributed by atoms with Gasteiger partial charge in [-0.05, 0) is 25.8 Å². The van der Waals surface area contributed by atoms with Crippen molar-refractivity contribution in [2.45, 2.75) is 31.2 Å². The van der Waals surface area contributed by atoms with E-state index in [1.807, 2.05) is 30.3 Å². The van der Waals surface area contributed by atoms with E-state index in [2.05, 4.69) is 20.7 Å². The number of esters is 1. The molecule has 0 bridgehead atoms. The molecule has 20 heavy (non-hydrogen) atoms. The fraction of sp³-hybridized carbons (Fsp3) is 0.500. The first-order valence-electron chi connectivity index (χ1n) is 6.08. The number of rotatable bonds is 6. The van der Waals surface area contributed by atoms with Crippen LogP contribution in [-0.4, -0.2) is 23.8 Å². The Morgan fingerprint density at radius 2 is 1.90 bits per heavy atom. The van der Waals surface area contributed by atoms with Crippen LogP contribution in [0.4, 0.5) is 8.78 Å². The number of alkyl halides is 3. The van der Waals surface area contributed by atoms with E-state index in [-0.39, 0.29) is 4.83 Å². The highest BCUT2D eigenvalue weighted by Crippen LogP contribution is 2.36. The molecule has 1 aromatic rings. The first-order chi connectivity index (χ1) is 9.12. The normalized spacial score (nSPS) is 13.9. The van der Waals surface area contributed by atoms with E-state index < -0.39 is 24.1 Å². The van der Waals surface area contributed by atoms with Gasteiger partial charge >= 0.3 is 12.1 Å². The summed E-state index contributed by atoms with van der Waals surface area (Å²) in [5, 5.41) is 8.27. The van der Waals surface area contributed by atoms with Gasteiger partial charge in [-0.3, -0.25) is 4.79 Å². The molecule has 0 radical (unpaired) electrons. The second kappa shape index (κ2) is 6.63. The minimum Gasteiger partial charge on any atom is -0.456 e. The molecular formula is C14H17BrF2O3. The molecule has 112 valence electrons. The molecule has 0 aliphatic heterocycles. The van der Waals surface area contributed by atoms with Gasteiger partial charge in [-0.1, -0.05) is 46.3 Å². The van der Waals surface area contributed by atoms with Crippen LogP contribution >= 0.6 is 15.9 Å². The monoisotopic (exact) mass is 350 g/mol. The van der Waals surface area contributed by atoms with Gasteiger partial charge in [0.25, 0.3) is 0 Å². The largest absolute Gasteiger partial charge is 0.456 e. The van der Waals surface area contributed by atoms with Crippen molar-refractivity contribution >= 4 is 21.9 Å². The number of ether oxygens (including phenoxy) is 1. The summed E-state index contributed by atoms with van der Waals surface area (Å²) in [5.74, 6) is -0.772. The van der Waals surface area contributed by atoms with Crippen LogP contribution in [0.3, 0.4) is 0 Å². The van der Waals surface area contributed by atoms with Crippen LogP contribution in [0.1, 0.15) is 30.7 Å². The van der Waals surface area contributed by atoms with Crippen molar-refractivity contribution in [2.24, 2.45) is 5.41 Å². The van der Waals surface area contributed by atoms with E-state index in [0.29, 0.717) is 6.42 Å². The van der Waals surface area contributed by atoms with Gasteiger partial charge in [-0.15, -0.1) is 0 Å². The smallest absolute Gasteiger partial charge is 0.387 e. The molecule has 6 heteroatoms. The Hall–Kier alpha value is -1.01. The lowest BCUT2D eigenvalue weighted by Gasteiger charge is -2.25. The van der Waals surface area contributed by atoms with E-state index in [0.717, 1.165) is 5.56 Å². The zero-order valence-corrected chi connectivity index (χ0v) is 12.9. The van der Waals surface area contributed by atoms with Crippen molar-refractivity contribution in [1.29, 1.82) is 0 Å². The fourth-order valence-electron chi connectivity index (χ4n) is 1.66. The Labute approximate surface area is 125 Å². The summed E-state index contributed by atoms with van der Waals surface area (Å²) in [6.07, 6.45) is -3.62. The van der Waals surface area contributed by atoms with Gasteiger partial charge in [0.2, 0.25) is 0 Å². The molecule has 0 saturated heterocycles. The number of hydrogen-bond acceptors (Lipinski definition) is 3. The first-order valence-corrected chi connectivity index (χ1v) is 7.00. The molecule has 0 aliphatic rings. The van der Waals surface area contributed by atoms with Gasteiger partial charge in [0, 0.05) is 4.83 Å². The molecule has 1 unspecified atom stereocenters. The molecule has 0 amide bonds. The first kappa shape index (κ1) is 17.0. The third-order valence-electron chi connectivity index (χ3n) is 2.78. The standard InChI is InChI=1S/C14H17BrF2O3/c1-13(2,12(18)20-9-14(16,17)19)8-11(15)10-6-4-3-5-7-10/h3-7,11,19H,8-9H2,1-2H3. The van der Waals surface area contributed by atoms with E-state index in [1.54, 1.807) is 13.8 Å². The lowest BCUT2D eigenvalue weighted by Crippen LogP contribution is -2.32. The maximum atomic E-state index is 12.3. The SMILES string of the molecule is CC(C)(CC(Br)c1ccccc1)C(=O)OCC(O)(F)F. The summed E-state index contributed by atoms with van der Waals surface area (Å²) in [5.41, 5.74) is 0.0378. The quantitative estimate of drug-likeness (QED) is 0.628. The molecule has 1 N–H and O–H groups in total. The van der Waals surface area contributed by atoms with Crippen LogP contribution in [0.15, 0.2) is 30.3 Å². The van der Waals surface area contributed by atoms with Crippen LogP contribution < -0.4 is 0 Å². The average molecular weight is 351 g/mol. The van der Waals surface area contributed by atoms with Crippen molar-refractivity contribution in [2.75, 3.05) is 6.61 Å². The van der Waals surface area contributed by atoms with Gasteiger partial charge < -0.3 is 9.84 Å². The summed E-state index contributed by atoms with van der Waals surface area (Å²) < 4.78 is 29.0. The highest BCUT2D eigenvalue weighted by molar-refractivity contribution is 9.09. The highest BCUT2D eigenvalue weighted by atomic mass is 79.9. The number of aliphatic hydroxyl groups is 1. The van der Waals surface area contributed by atoms with Crippen molar-refractivity contribution in [3.8, 4) is 0 Å². The Morgan fingerprint density at radius 3 is 2.40 bits per heavy atom. The summed E-state index contributed by atoms with van der Waals surface area (Å²) in [7, 11) is 0. The van der Waals surface area contributed by atoms with Crippen LogP contribution in [0.5, 0.6) is 0 Å². The maximum absolute atomic E-state index is 12.3. The molecule has 0 fully saturated rings. The lowest BCUT2D eigenvalue weighted by atomic mass is 9.86. The topological polar surface area (TPSA) is 46.5 Å². The van der Waals surface area contributed by atoms with E-state index in [1.165, 1.54) is 0 Å². The van der Waals surface area contributed by atoms with Crippen molar-refractivity contribution < 1.29 is 23.4 Å². The van der Waals surface area contributed by atoms with Crippen LogP contribution in [0.2, 0.25) is 0 Å². The van der Waals surface area contributed by atoms with Crippen LogP contribution in [0.25, 0.3) is 0 Å². The highest BCUT2D eigenvalue weighted by Gasteiger charge is 2.35. The molecule has 1 atom stereocenters. The van der Waals surface area contributed by atoms with Gasteiger partial charge in [0.05, 0.1) is 5.41 Å². The van der Waals surface area contributed by atoms with Gasteiger partial charge in [0.15, 0.2) is 6.61 Å². The number of carbonyl (C=O) groups excluding carboxylic acids is 1. The second-order valence-corrected chi connectivity index (χ2v) is 6.31. The molecule has 0 spiro atoms. The number of hydrogen-bond donors (Lipinski definition) is 1. The minimum atomic E-state index is -4.00. The Morgan fingerprint density at radius 1 is 1.35 bits per heavy atom. The predicted octanol–water partition coefficient (Wildman–Crippen LogP) is 3.67. The predicted molar refractivity (Wildman–Crippen MR) is 74.6 cm³/mol. The van der Waals surface area contributed by atoms with Gasteiger partial charge in [-0.25, -0.2) is 0 Å². The fourth-order valence-corrected chi connectivity index (χ4v) is 2.77. The Bertz CT molecular complexity index is 443. The zero-order chi connectivity index (χ0) is 15.4. The zero-order valence-electron chi connectivity index (χ0n) is 11.3. The van der Waals surface area contributed by atoms with E-state index in [9.17, 15) is 13.6 Å². The van der Waals surface area contributed by atoms with Crippen molar-refractivity contribution in [3.63, 3.8) is 0 Å². The summed E-state index contributed by atoms with van der Waals surface area (Å²) in [6, 6.07) is 9.44. The molecule has 3 nitrogen and oxygen atoms in total. The molecular weight excluding hydrogens is 334 g/mol. The van der Waals surface area contributed by atoms with Gasteiger partial charge in [-0.2, -0.15) is 8.78 Å². The average Bonchev–Trinajstić information content (AvgIpc) is 2.35. The molecule has 0 aliphatic carbocycles. The lowest BCUT2D eigenvalue weighted by molar-refractivity contribution is -0.233. The Balaban J connectivity index is 2.62. The molecule has 1 rings (SSSR count). The minimum absolute atomic E-state index is 0.0964. The second-order valence-electron chi connectivity index (χ2n) is 5.21. The van der Waals surface area contributed by atoms with Crippen LogP contribution in [0, 0.1) is 5.41 Å². The summed E-state index contributed by atoms with van der Waals surface area (Å²) in [4.78, 5) is 11.7. The number of halogens is 3. The van der Waals surface area contributed by atoms with Crippen LogP contribution in [-0.2, 0) is 9.53 Å². The van der Waals surface area contributed by atoms with E-state index in [4.69, 9.17) is 5.11 Å². The molecule has 0 aromatic heterocycles. The third kappa shape index (κ3) is 5.54. The van der Waals surface area contributed by atoms with E-state index >= 15 is 0 Å². The van der Waals surface area contributed by atoms with Crippen molar-refractivity contribution in [3.05, 3.63) is 35.9 Å². The summed E-state index contributed by atoms with van der Waals surface area (Å²) >= 11 is 3.48. The number of benzene rings is 1. The Kier molecular flexibility index (Phi) is 5.65. The maximum Gasteiger partial charge on any atom is 0.387 e.